The molecule has 19 heavy (non-hydrogen) atoms. The fraction of sp³-hybridized carbons (Fsp3) is 0.562. The third-order valence-corrected chi connectivity index (χ3v) is 2.47. The van der Waals surface area contributed by atoms with Gasteiger partial charge in [-0.25, -0.2) is 4.79 Å². The molecule has 1 aromatic carbocycles. The van der Waals surface area contributed by atoms with Crippen molar-refractivity contribution in [3.8, 4) is 0 Å². The monoisotopic (exact) mass is 264 g/mol. The summed E-state index contributed by atoms with van der Waals surface area (Å²) in [6.07, 6.45) is 0.954. The van der Waals surface area contributed by atoms with Gasteiger partial charge in [-0.15, -0.1) is 0 Å². The highest BCUT2D eigenvalue weighted by atomic mass is 16.6. The summed E-state index contributed by atoms with van der Waals surface area (Å²) in [5, 5.41) is 0. The lowest BCUT2D eigenvalue weighted by atomic mass is 10.0. The number of rotatable bonds is 6. The van der Waals surface area contributed by atoms with Gasteiger partial charge in [0.05, 0.1) is 6.61 Å². The quantitative estimate of drug-likeness (QED) is 0.740. The van der Waals surface area contributed by atoms with E-state index in [0.717, 1.165) is 6.42 Å². The summed E-state index contributed by atoms with van der Waals surface area (Å²) < 4.78 is 10.6. The fourth-order valence-electron chi connectivity index (χ4n) is 1.79. The van der Waals surface area contributed by atoms with Gasteiger partial charge >= 0.3 is 5.97 Å². The van der Waals surface area contributed by atoms with E-state index in [2.05, 4.69) is 19.1 Å². The first kappa shape index (κ1) is 15.7. The Labute approximate surface area is 115 Å². The van der Waals surface area contributed by atoms with Gasteiger partial charge in [0, 0.05) is 0 Å². The van der Waals surface area contributed by atoms with Crippen molar-refractivity contribution < 1.29 is 14.3 Å². The molecule has 0 radical (unpaired) electrons. The number of ether oxygens (including phenoxy) is 2. The predicted octanol–water partition coefficient (Wildman–Crippen LogP) is 3.22. The van der Waals surface area contributed by atoms with Crippen molar-refractivity contribution in [3.63, 3.8) is 0 Å². The molecule has 0 N–H and O–H groups in total. The molecule has 1 rings (SSSR count). The van der Waals surface area contributed by atoms with Crippen molar-refractivity contribution in [2.45, 2.75) is 39.7 Å². The first-order chi connectivity index (χ1) is 8.87. The third kappa shape index (κ3) is 7.62. The lowest BCUT2D eigenvalue weighted by molar-refractivity contribution is -0.160. The Bertz CT molecular complexity index is 379. The Morgan fingerprint density at radius 1 is 1.21 bits per heavy atom. The van der Waals surface area contributed by atoms with Crippen LogP contribution in [0.5, 0.6) is 0 Å². The molecule has 0 bridgehead atoms. The van der Waals surface area contributed by atoms with Gasteiger partial charge in [0.1, 0.15) is 12.2 Å². The number of carbonyl (C=O) groups excluding carboxylic acids is 1. The topological polar surface area (TPSA) is 35.5 Å². The third-order valence-electron chi connectivity index (χ3n) is 2.47. The zero-order valence-electron chi connectivity index (χ0n) is 12.3. The maximum absolute atomic E-state index is 11.5. The standard InChI is InChI=1S/C16H24O3/c1-13(10-14-8-6-5-7-9-14)11-18-12-15(17)19-16(2,3)4/h5-9,13H,10-12H2,1-4H3/t13-/m1/s1. The summed E-state index contributed by atoms with van der Waals surface area (Å²) in [5.41, 5.74) is 0.840. The summed E-state index contributed by atoms with van der Waals surface area (Å²) in [5.74, 6) is 0.0734. The minimum Gasteiger partial charge on any atom is -0.458 e. The molecular weight excluding hydrogens is 240 g/mol. The second-order valence-electron chi connectivity index (χ2n) is 5.90. The van der Waals surface area contributed by atoms with Crippen LogP contribution in [0.4, 0.5) is 0 Å². The van der Waals surface area contributed by atoms with E-state index in [0.29, 0.717) is 12.5 Å². The first-order valence-corrected chi connectivity index (χ1v) is 6.70. The lowest BCUT2D eigenvalue weighted by Crippen LogP contribution is -2.27. The van der Waals surface area contributed by atoms with Crippen molar-refractivity contribution in [2.24, 2.45) is 5.92 Å². The largest absolute Gasteiger partial charge is 0.458 e. The molecule has 1 atom stereocenters. The number of esters is 1. The molecule has 0 heterocycles. The Kier molecular flexibility index (Phi) is 6.03. The van der Waals surface area contributed by atoms with Crippen molar-refractivity contribution in [1.29, 1.82) is 0 Å². The summed E-state index contributed by atoms with van der Waals surface area (Å²) in [7, 11) is 0. The molecule has 3 heteroatoms. The Balaban J connectivity index is 2.21. The lowest BCUT2D eigenvalue weighted by Gasteiger charge is -2.19. The van der Waals surface area contributed by atoms with Gasteiger partial charge in [0.2, 0.25) is 0 Å². The highest BCUT2D eigenvalue weighted by Crippen LogP contribution is 2.09. The number of hydrogen-bond acceptors (Lipinski definition) is 3. The van der Waals surface area contributed by atoms with Crippen molar-refractivity contribution >= 4 is 5.97 Å². The maximum Gasteiger partial charge on any atom is 0.332 e. The van der Waals surface area contributed by atoms with E-state index in [1.165, 1.54) is 5.56 Å². The SMILES string of the molecule is C[C@@H](COCC(=O)OC(C)(C)C)Cc1ccccc1. The molecule has 106 valence electrons. The molecule has 0 unspecified atom stereocenters. The molecule has 1 aromatic rings. The van der Waals surface area contributed by atoms with Crippen molar-refractivity contribution in [1.82, 2.24) is 0 Å². The minimum atomic E-state index is -0.448. The Morgan fingerprint density at radius 3 is 2.42 bits per heavy atom. The molecule has 0 aromatic heterocycles. The predicted molar refractivity (Wildman–Crippen MR) is 76.0 cm³/mol. The Morgan fingerprint density at radius 2 is 1.84 bits per heavy atom. The molecule has 0 spiro atoms. The van der Waals surface area contributed by atoms with Crippen LogP contribution < -0.4 is 0 Å². The van der Waals surface area contributed by atoms with Crippen LogP contribution >= 0.6 is 0 Å². The summed E-state index contributed by atoms with van der Waals surface area (Å²) >= 11 is 0. The zero-order chi connectivity index (χ0) is 14.3. The second kappa shape index (κ2) is 7.29. The average molecular weight is 264 g/mol. The summed E-state index contributed by atoms with van der Waals surface area (Å²) in [6.45, 7) is 8.25. The fourth-order valence-corrected chi connectivity index (χ4v) is 1.79. The van der Waals surface area contributed by atoms with Gasteiger partial charge < -0.3 is 9.47 Å². The molecule has 0 aliphatic carbocycles. The van der Waals surface area contributed by atoms with Gasteiger partial charge in [0.25, 0.3) is 0 Å². The average Bonchev–Trinajstić information content (AvgIpc) is 2.27. The Hall–Kier alpha value is -1.35. The summed E-state index contributed by atoms with van der Waals surface area (Å²) in [6, 6.07) is 10.3. The molecular formula is C16H24O3. The van der Waals surface area contributed by atoms with E-state index in [9.17, 15) is 4.79 Å². The highest BCUT2D eigenvalue weighted by molar-refractivity contribution is 5.71. The van der Waals surface area contributed by atoms with Crippen LogP contribution in [-0.4, -0.2) is 24.8 Å². The van der Waals surface area contributed by atoms with E-state index in [1.54, 1.807) is 0 Å². The van der Waals surface area contributed by atoms with E-state index in [4.69, 9.17) is 9.47 Å². The smallest absolute Gasteiger partial charge is 0.332 e. The highest BCUT2D eigenvalue weighted by Gasteiger charge is 2.16. The van der Waals surface area contributed by atoms with Crippen molar-refractivity contribution in [2.75, 3.05) is 13.2 Å². The van der Waals surface area contributed by atoms with Crippen LogP contribution in [0.1, 0.15) is 33.3 Å². The molecule has 0 aliphatic rings. The van der Waals surface area contributed by atoms with Gasteiger partial charge in [0.15, 0.2) is 0 Å². The molecule has 0 saturated heterocycles. The van der Waals surface area contributed by atoms with Crippen molar-refractivity contribution in [3.05, 3.63) is 35.9 Å². The van der Waals surface area contributed by atoms with Crippen LogP contribution in [0.15, 0.2) is 30.3 Å². The molecule has 0 amide bonds. The number of benzene rings is 1. The van der Waals surface area contributed by atoms with Gasteiger partial charge in [-0.1, -0.05) is 37.3 Å². The van der Waals surface area contributed by atoms with E-state index >= 15 is 0 Å². The number of hydrogen-bond donors (Lipinski definition) is 0. The van der Waals surface area contributed by atoms with E-state index < -0.39 is 5.60 Å². The zero-order valence-corrected chi connectivity index (χ0v) is 12.3. The van der Waals surface area contributed by atoms with E-state index in [1.807, 2.05) is 39.0 Å². The van der Waals surface area contributed by atoms with Crippen LogP contribution in [0.25, 0.3) is 0 Å². The number of carbonyl (C=O) groups is 1. The molecule has 0 aliphatic heterocycles. The first-order valence-electron chi connectivity index (χ1n) is 6.70. The molecule has 0 saturated carbocycles. The van der Waals surface area contributed by atoms with Crippen LogP contribution in [0, 0.1) is 5.92 Å². The minimum absolute atomic E-state index is 0.0242. The van der Waals surface area contributed by atoms with Crippen LogP contribution in [0.2, 0.25) is 0 Å². The van der Waals surface area contributed by atoms with Crippen LogP contribution in [-0.2, 0) is 20.7 Å². The summed E-state index contributed by atoms with van der Waals surface area (Å²) in [4.78, 5) is 11.5. The second-order valence-corrected chi connectivity index (χ2v) is 5.90. The van der Waals surface area contributed by atoms with Gasteiger partial charge in [-0.2, -0.15) is 0 Å². The van der Waals surface area contributed by atoms with Gasteiger partial charge in [-0.05, 0) is 38.7 Å². The maximum atomic E-state index is 11.5. The normalized spacial score (nSPS) is 13.1. The van der Waals surface area contributed by atoms with Gasteiger partial charge in [-0.3, -0.25) is 0 Å². The molecule has 0 fully saturated rings. The van der Waals surface area contributed by atoms with Crippen LogP contribution in [0.3, 0.4) is 0 Å². The van der Waals surface area contributed by atoms with E-state index in [-0.39, 0.29) is 12.6 Å². The molecule has 3 nitrogen and oxygen atoms in total.